The first-order chi connectivity index (χ1) is 17.4. The number of benzene rings is 2. The first-order valence-electron chi connectivity index (χ1n) is 11.4. The van der Waals surface area contributed by atoms with Gasteiger partial charge in [0.05, 0.1) is 23.5 Å². The number of rotatable bonds is 6. The number of halogens is 1. The van der Waals surface area contributed by atoms with Crippen LogP contribution in [0.2, 0.25) is 0 Å². The van der Waals surface area contributed by atoms with Gasteiger partial charge in [-0.1, -0.05) is 6.07 Å². The average Bonchev–Trinajstić information content (AvgIpc) is 3.33. The molecule has 2 N–H and O–H groups in total. The molecule has 0 aliphatic rings. The summed E-state index contributed by atoms with van der Waals surface area (Å²) in [6.45, 7) is 2.85. The highest BCUT2D eigenvalue weighted by Gasteiger charge is 2.22. The number of carbonyl (C=O) groups excluding carboxylic acids is 1. The third-order valence-corrected chi connectivity index (χ3v) is 6.18. The molecule has 8 nitrogen and oxygen atoms in total. The summed E-state index contributed by atoms with van der Waals surface area (Å²) in [5.41, 5.74) is 11.6. The molecule has 1 amide bonds. The maximum atomic E-state index is 13.7. The molecule has 2 aromatic carbocycles. The third-order valence-electron chi connectivity index (χ3n) is 6.18. The molecule has 5 rings (SSSR count). The lowest BCUT2D eigenvalue weighted by Crippen LogP contribution is -2.30. The van der Waals surface area contributed by atoms with Crippen molar-refractivity contribution in [3.8, 4) is 22.5 Å². The summed E-state index contributed by atoms with van der Waals surface area (Å²) < 4.78 is 20.6. The first kappa shape index (κ1) is 23.4. The molecule has 0 bridgehead atoms. The number of nitrogen functional groups attached to an aromatic ring is 1. The fourth-order valence-corrected chi connectivity index (χ4v) is 4.21. The molecule has 0 unspecified atom stereocenters. The number of methoxy groups -OCH3 is 1. The van der Waals surface area contributed by atoms with Gasteiger partial charge in [-0.3, -0.25) is 14.2 Å². The van der Waals surface area contributed by atoms with Crippen LogP contribution in [0.4, 0.5) is 10.2 Å². The van der Waals surface area contributed by atoms with Gasteiger partial charge in [-0.25, -0.2) is 14.4 Å². The number of anilines is 1. The van der Waals surface area contributed by atoms with E-state index in [4.69, 9.17) is 10.5 Å². The Kier molecular flexibility index (Phi) is 6.07. The minimum absolute atomic E-state index is 0.162. The Morgan fingerprint density at radius 3 is 2.61 bits per heavy atom. The molecule has 5 aromatic rings. The highest BCUT2D eigenvalue weighted by atomic mass is 19.1. The number of imidazole rings is 1. The monoisotopic (exact) mass is 484 g/mol. The van der Waals surface area contributed by atoms with E-state index in [1.165, 1.54) is 12.1 Å². The Balaban J connectivity index is 1.77. The number of likely N-dealkylation sites (N-methyl/N-ethyl adjacent to an activating group) is 1. The van der Waals surface area contributed by atoms with Gasteiger partial charge in [-0.05, 0) is 55.0 Å². The normalized spacial score (nSPS) is 11.3. The number of aryl methyl sites for hydroxylation is 1. The number of aromatic nitrogens is 4. The molecule has 0 saturated heterocycles. The number of fused-ring (bicyclic) bond motifs is 2. The predicted molar refractivity (Wildman–Crippen MR) is 137 cm³/mol. The lowest BCUT2D eigenvalue weighted by molar-refractivity contribution is 0.0739. The number of nitrogens with zero attached hydrogens (tertiary/aromatic N) is 5. The van der Waals surface area contributed by atoms with Crippen molar-refractivity contribution in [3.05, 3.63) is 78.0 Å². The molecule has 9 heteroatoms. The first-order valence-corrected chi connectivity index (χ1v) is 11.4. The number of nitrogens with two attached hydrogens (primary N) is 1. The summed E-state index contributed by atoms with van der Waals surface area (Å²) in [6, 6.07) is 13.9. The van der Waals surface area contributed by atoms with Crippen LogP contribution < -0.4 is 5.73 Å². The van der Waals surface area contributed by atoms with Gasteiger partial charge in [-0.15, -0.1) is 0 Å². The van der Waals surface area contributed by atoms with E-state index in [9.17, 15) is 9.18 Å². The van der Waals surface area contributed by atoms with Crippen LogP contribution in [0.15, 0.2) is 60.9 Å². The Morgan fingerprint density at radius 2 is 1.86 bits per heavy atom. The highest BCUT2D eigenvalue weighted by molar-refractivity contribution is 5.95. The Bertz CT molecular complexity index is 1600. The zero-order valence-electron chi connectivity index (χ0n) is 20.2. The maximum Gasteiger partial charge on any atom is 0.273 e. The number of amides is 1. The SMILES string of the molecule is COCCN(C)C(=O)c1cn2c(-c3ccc4nccc(C)c4c3)c(-c3ccc(F)cc3)nc(N)c2n1. The topological polar surface area (TPSA) is 98.6 Å². The highest BCUT2D eigenvalue weighted by Crippen LogP contribution is 2.35. The third kappa shape index (κ3) is 4.14. The molecule has 0 saturated carbocycles. The second-order valence-electron chi connectivity index (χ2n) is 8.60. The van der Waals surface area contributed by atoms with E-state index in [2.05, 4.69) is 15.0 Å². The van der Waals surface area contributed by atoms with Crippen LogP contribution in [-0.4, -0.2) is 57.5 Å². The van der Waals surface area contributed by atoms with Crippen LogP contribution in [0, 0.1) is 12.7 Å². The fraction of sp³-hybridized carbons (Fsp3) is 0.185. The van der Waals surface area contributed by atoms with Crippen LogP contribution in [-0.2, 0) is 4.74 Å². The summed E-state index contributed by atoms with van der Waals surface area (Å²) >= 11 is 0. The van der Waals surface area contributed by atoms with Crippen molar-refractivity contribution < 1.29 is 13.9 Å². The maximum absolute atomic E-state index is 13.7. The van der Waals surface area contributed by atoms with Crippen molar-refractivity contribution in [2.24, 2.45) is 0 Å². The second-order valence-corrected chi connectivity index (χ2v) is 8.60. The van der Waals surface area contributed by atoms with Gasteiger partial charge in [-0.2, -0.15) is 0 Å². The van der Waals surface area contributed by atoms with E-state index in [1.54, 1.807) is 48.0 Å². The summed E-state index contributed by atoms with van der Waals surface area (Å²) in [4.78, 5) is 28.3. The molecule has 36 heavy (non-hydrogen) atoms. The van der Waals surface area contributed by atoms with E-state index in [0.29, 0.717) is 35.8 Å². The molecule has 0 fully saturated rings. The van der Waals surface area contributed by atoms with Crippen molar-refractivity contribution in [1.82, 2.24) is 24.3 Å². The van der Waals surface area contributed by atoms with Gasteiger partial charge in [0.25, 0.3) is 5.91 Å². The van der Waals surface area contributed by atoms with Gasteiger partial charge in [0, 0.05) is 49.6 Å². The quantitative estimate of drug-likeness (QED) is 0.385. The number of pyridine rings is 1. The molecule has 0 aliphatic heterocycles. The summed E-state index contributed by atoms with van der Waals surface area (Å²) in [7, 11) is 3.27. The predicted octanol–water partition coefficient (Wildman–Crippen LogP) is 4.36. The second kappa shape index (κ2) is 9.35. The van der Waals surface area contributed by atoms with Crippen molar-refractivity contribution in [2.45, 2.75) is 6.92 Å². The van der Waals surface area contributed by atoms with Gasteiger partial charge in [0.1, 0.15) is 11.5 Å². The van der Waals surface area contributed by atoms with E-state index in [1.807, 2.05) is 31.2 Å². The lowest BCUT2D eigenvalue weighted by Gasteiger charge is -2.15. The number of hydrogen-bond donors (Lipinski definition) is 1. The largest absolute Gasteiger partial charge is 0.383 e. The van der Waals surface area contributed by atoms with Crippen molar-refractivity contribution in [2.75, 3.05) is 33.0 Å². The van der Waals surface area contributed by atoms with Gasteiger partial charge >= 0.3 is 0 Å². The van der Waals surface area contributed by atoms with Crippen molar-refractivity contribution in [3.63, 3.8) is 0 Å². The summed E-state index contributed by atoms with van der Waals surface area (Å²) in [6.07, 6.45) is 3.44. The molecule has 0 spiro atoms. The zero-order valence-corrected chi connectivity index (χ0v) is 20.2. The van der Waals surface area contributed by atoms with Gasteiger partial charge in [0.15, 0.2) is 11.5 Å². The minimum Gasteiger partial charge on any atom is -0.383 e. The van der Waals surface area contributed by atoms with E-state index in [-0.39, 0.29) is 23.2 Å². The Morgan fingerprint density at radius 1 is 1.11 bits per heavy atom. The molecule has 3 heterocycles. The molecular weight excluding hydrogens is 459 g/mol. The van der Waals surface area contributed by atoms with Crippen molar-refractivity contribution in [1.29, 1.82) is 0 Å². The van der Waals surface area contributed by atoms with Crippen LogP contribution in [0.25, 0.3) is 39.1 Å². The smallest absolute Gasteiger partial charge is 0.273 e. The van der Waals surface area contributed by atoms with Gasteiger partial charge < -0.3 is 15.4 Å². The summed E-state index contributed by atoms with van der Waals surface area (Å²) in [5.74, 6) is -0.449. The lowest BCUT2D eigenvalue weighted by atomic mass is 10.0. The Hall–Kier alpha value is -4.37. The fourth-order valence-electron chi connectivity index (χ4n) is 4.21. The number of carbonyl (C=O) groups is 1. The molecular formula is C27H25FN6O2. The number of hydrogen-bond acceptors (Lipinski definition) is 6. The Labute approximate surface area is 207 Å². The van der Waals surface area contributed by atoms with Crippen LogP contribution in [0.1, 0.15) is 16.1 Å². The molecule has 0 aliphatic carbocycles. The van der Waals surface area contributed by atoms with E-state index in [0.717, 1.165) is 22.0 Å². The molecule has 0 atom stereocenters. The van der Waals surface area contributed by atoms with Crippen LogP contribution in [0.3, 0.4) is 0 Å². The number of ether oxygens (including phenoxy) is 1. The minimum atomic E-state index is -0.351. The molecule has 0 radical (unpaired) electrons. The summed E-state index contributed by atoms with van der Waals surface area (Å²) in [5, 5.41) is 0.987. The molecule has 3 aromatic heterocycles. The standard InChI is InChI=1S/C27H25FN6O2/c1-16-10-11-30-21-9-6-18(14-20(16)21)24-23(17-4-7-19(28)8-5-17)32-25(29)26-31-22(15-34(24)26)27(35)33(2)12-13-36-3/h4-11,14-15H,12-13H2,1-3H3,(H2,29,32). The van der Waals surface area contributed by atoms with Crippen molar-refractivity contribution >= 4 is 28.3 Å². The van der Waals surface area contributed by atoms with E-state index >= 15 is 0 Å². The van der Waals surface area contributed by atoms with Crippen LogP contribution in [0.5, 0.6) is 0 Å². The van der Waals surface area contributed by atoms with E-state index < -0.39 is 0 Å². The van der Waals surface area contributed by atoms with Gasteiger partial charge in [0.2, 0.25) is 0 Å². The van der Waals surface area contributed by atoms with Crippen LogP contribution >= 0.6 is 0 Å². The zero-order chi connectivity index (χ0) is 25.4. The average molecular weight is 485 g/mol. The molecule has 182 valence electrons.